The normalized spacial score (nSPS) is 21.9. The van der Waals surface area contributed by atoms with Crippen molar-refractivity contribution < 1.29 is 13.2 Å². The molecular formula is C7H10N4O3S2. The summed E-state index contributed by atoms with van der Waals surface area (Å²) in [6.45, 7) is 2.63. The van der Waals surface area contributed by atoms with Crippen LogP contribution in [0.4, 0.5) is 5.00 Å². The largest absolute Gasteiger partial charge is 0.388 e. The van der Waals surface area contributed by atoms with Gasteiger partial charge in [0.15, 0.2) is 4.75 Å². The maximum Gasteiger partial charge on any atom is 0.259 e. The summed E-state index contributed by atoms with van der Waals surface area (Å²) in [5.41, 5.74) is 5.85. The fourth-order valence-electron chi connectivity index (χ4n) is 1.37. The predicted octanol–water partition coefficient (Wildman–Crippen LogP) is -0.429. The van der Waals surface area contributed by atoms with Crippen LogP contribution in [0.15, 0.2) is 0 Å². The minimum atomic E-state index is -3.58. The van der Waals surface area contributed by atoms with Crippen molar-refractivity contribution in [2.24, 2.45) is 0 Å². The number of hydrogen-bond acceptors (Lipinski definition) is 7. The molecule has 1 aliphatic heterocycles. The maximum atomic E-state index is 11.7. The highest BCUT2D eigenvalue weighted by Gasteiger charge is 2.60. The molecule has 0 radical (unpaired) electrons. The summed E-state index contributed by atoms with van der Waals surface area (Å²) in [4.78, 5) is 11.6. The van der Waals surface area contributed by atoms with E-state index in [0.29, 0.717) is 10.7 Å². The van der Waals surface area contributed by atoms with E-state index in [9.17, 15) is 13.2 Å². The van der Waals surface area contributed by atoms with Gasteiger partial charge < -0.3 is 5.73 Å². The Labute approximate surface area is 96.5 Å². The Kier molecular flexibility index (Phi) is 2.21. The van der Waals surface area contributed by atoms with Crippen LogP contribution < -0.4 is 5.73 Å². The van der Waals surface area contributed by atoms with Crippen molar-refractivity contribution in [3.63, 3.8) is 0 Å². The van der Waals surface area contributed by atoms with Gasteiger partial charge in [0, 0.05) is 11.5 Å². The molecule has 1 saturated heterocycles. The third kappa shape index (κ3) is 1.24. The van der Waals surface area contributed by atoms with Gasteiger partial charge in [0.1, 0.15) is 10.7 Å². The van der Waals surface area contributed by atoms with E-state index in [1.54, 1.807) is 0 Å². The number of hydrogen-bond donors (Lipinski definition) is 1. The highest BCUT2D eigenvalue weighted by Crippen LogP contribution is 2.36. The van der Waals surface area contributed by atoms with Crippen molar-refractivity contribution in [1.29, 1.82) is 0 Å². The molecule has 1 fully saturated rings. The van der Waals surface area contributed by atoms with Crippen LogP contribution in [-0.2, 0) is 21.4 Å². The van der Waals surface area contributed by atoms with Gasteiger partial charge >= 0.3 is 0 Å². The second-order valence-electron chi connectivity index (χ2n) is 3.91. The smallest absolute Gasteiger partial charge is 0.259 e. The standard InChI is InChI=1S/C7H10N4O3S2/c1-7(2)6(12)11(16(7,13)14)3-4-5(8)15-10-9-4/h3,8H2,1-2H3. The first-order valence-corrected chi connectivity index (χ1v) is 6.63. The number of sulfonamides is 1. The van der Waals surface area contributed by atoms with Crippen molar-refractivity contribution in [3.8, 4) is 0 Å². The van der Waals surface area contributed by atoms with Gasteiger partial charge in [0.25, 0.3) is 15.9 Å². The van der Waals surface area contributed by atoms with Crippen LogP contribution in [0, 0.1) is 0 Å². The zero-order chi connectivity index (χ0) is 12.1. The lowest BCUT2D eigenvalue weighted by Gasteiger charge is -2.42. The fraction of sp³-hybridized carbons (Fsp3) is 0.571. The number of anilines is 1. The number of nitrogens with two attached hydrogens (primary N) is 1. The molecule has 2 heterocycles. The van der Waals surface area contributed by atoms with E-state index in [1.165, 1.54) is 13.8 Å². The summed E-state index contributed by atoms with van der Waals surface area (Å²) in [6, 6.07) is 0. The number of amides is 1. The zero-order valence-electron chi connectivity index (χ0n) is 8.67. The Hall–Kier alpha value is -1.22. The van der Waals surface area contributed by atoms with E-state index in [2.05, 4.69) is 9.59 Å². The monoisotopic (exact) mass is 262 g/mol. The van der Waals surface area contributed by atoms with Gasteiger partial charge in [-0.15, -0.1) is 5.10 Å². The van der Waals surface area contributed by atoms with Crippen molar-refractivity contribution in [2.75, 3.05) is 5.73 Å². The van der Waals surface area contributed by atoms with Gasteiger partial charge in [-0.3, -0.25) is 4.79 Å². The van der Waals surface area contributed by atoms with E-state index in [4.69, 9.17) is 5.73 Å². The van der Waals surface area contributed by atoms with Gasteiger partial charge in [0.05, 0.1) is 6.54 Å². The predicted molar refractivity (Wildman–Crippen MR) is 57.9 cm³/mol. The molecule has 0 aromatic carbocycles. The van der Waals surface area contributed by atoms with Crippen molar-refractivity contribution >= 4 is 32.5 Å². The Balaban J connectivity index is 2.27. The third-order valence-corrected chi connectivity index (χ3v) is 5.49. The minimum absolute atomic E-state index is 0.132. The highest BCUT2D eigenvalue weighted by molar-refractivity contribution is 7.94. The molecule has 0 saturated carbocycles. The topological polar surface area (TPSA) is 106 Å². The van der Waals surface area contributed by atoms with Gasteiger partial charge in [-0.1, -0.05) is 4.49 Å². The number of carbonyl (C=O) groups excluding carboxylic acids is 1. The Bertz CT molecular complexity index is 548. The van der Waals surface area contributed by atoms with E-state index in [1.807, 2.05) is 0 Å². The quantitative estimate of drug-likeness (QED) is 0.775. The second kappa shape index (κ2) is 3.14. The molecule has 1 aromatic rings. The number of nitrogens with zero attached hydrogens (tertiary/aromatic N) is 3. The van der Waals surface area contributed by atoms with Gasteiger partial charge in [-0.05, 0) is 13.8 Å². The van der Waals surface area contributed by atoms with Crippen LogP contribution in [0.5, 0.6) is 0 Å². The van der Waals surface area contributed by atoms with E-state index < -0.39 is 20.7 Å². The first kappa shape index (κ1) is 11.3. The minimum Gasteiger partial charge on any atom is -0.388 e. The number of rotatable bonds is 2. The Morgan fingerprint density at radius 2 is 2.12 bits per heavy atom. The molecule has 1 aliphatic rings. The SMILES string of the molecule is CC1(C)C(=O)N(Cc2nnsc2N)S1(=O)=O. The van der Waals surface area contributed by atoms with Crippen LogP contribution in [0.3, 0.4) is 0 Å². The summed E-state index contributed by atoms with van der Waals surface area (Å²) < 4.78 is 26.5. The van der Waals surface area contributed by atoms with Gasteiger partial charge in [-0.2, -0.15) is 0 Å². The highest BCUT2D eigenvalue weighted by atomic mass is 32.2. The summed E-state index contributed by atoms with van der Waals surface area (Å²) in [6.07, 6.45) is 0. The molecule has 0 bridgehead atoms. The van der Waals surface area contributed by atoms with Gasteiger partial charge in [0.2, 0.25) is 0 Å². The average molecular weight is 262 g/mol. The molecule has 2 N–H and O–H groups in total. The van der Waals surface area contributed by atoms with Crippen molar-refractivity contribution in [3.05, 3.63) is 5.69 Å². The summed E-state index contributed by atoms with van der Waals surface area (Å²) in [7, 11) is -3.58. The van der Waals surface area contributed by atoms with Crippen LogP contribution in [0.25, 0.3) is 0 Å². The van der Waals surface area contributed by atoms with Crippen molar-refractivity contribution in [1.82, 2.24) is 13.9 Å². The lowest BCUT2D eigenvalue weighted by atomic mass is 10.2. The fourth-order valence-corrected chi connectivity index (χ4v) is 3.30. The average Bonchev–Trinajstić information content (AvgIpc) is 2.59. The molecule has 7 nitrogen and oxygen atoms in total. The number of aromatic nitrogens is 2. The van der Waals surface area contributed by atoms with Crippen molar-refractivity contribution in [2.45, 2.75) is 25.1 Å². The molecule has 2 rings (SSSR count). The summed E-state index contributed by atoms with van der Waals surface area (Å²) >= 11 is 0.966. The van der Waals surface area contributed by atoms with Gasteiger partial charge in [-0.25, -0.2) is 12.7 Å². The molecule has 0 spiro atoms. The van der Waals surface area contributed by atoms with Crippen LogP contribution in [-0.4, -0.2) is 33.0 Å². The van der Waals surface area contributed by atoms with Crippen LogP contribution >= 0.6 is 11.5 Å². The molecule has 88 valence electrons. The van der Waals surface area contributed by atoms with E-state index in [0.717, 1.165) is 15.8 Å². The summed E-state index contributed by atoms with van der Waals surface area (Å²) in [5.74, 6) is -0.445. The molecular weight excluding hydrogens is 252 g/mol. The summed E-state index contributed by atoms with van der Waals surface area (Å²) in [5, 5.41) is 4.00. The number of carbonyl (C=O) groups is 1. The Morgan fingerprint density at radius 1 is 1.50 bits per heavy atom. The molecule has 0 atom stereocenters. The molecule has 16 heavy (non-hydrogen) atoms. The lowest BCUT2D eigenvalue weighted by molar-refractivity contribution is -0.132. The van der Waals surface area contributed by atoms with E-state index >= 15 is 0 Å². The maximum absolute atomic E-state index is 11.7. The molecule has 1 aromatic heterocycles. The lowest BCUT2D eigenvalue weighted by Crippen LogP contribution is -2.66. The second-order valence-corrected chi connectivity index (χ2v) is 7.11. The van der Waals surface area contributed by atoms with E-state index in [-0.39, 0.29) is 6.54 Å². The molecule has 0 aliphatic carbocycles. The Morgan fingerprint density at radius 3 is 2.56 bits per heavy atom. The first-order valence-electron chi connectivity index (χ1n) is 4.42. The molecule has 0 unspecified atom stereocenters. The third-order valence-electron chi connectivity index (χ3n) is 2.56. The molecule has 1 amide bonds. The van der Waals surface area contributed by atoms with Crippen LogP contribution in [0.2, 0.25) is 0 Å². The van der Waals surface area contributed by atoms with Crippen LogP contribution in [0.1, 0.15) is 19.5 Å². The first-order chi connectivity index (χ1) is 7.28. The molecule has 9 heteroatoms. The zero-order valence-corrected chi connectivity index (χ0v) is 10.3. The number of nitrogen functional groups attached to an aromatic ring is 1.